The number of hydrogen-bond donors (Lipinski definition) is 3. The molecule has 4 N–H and O–H groups in total. The average Bonchev–Trinajstić information content (AvgIpc) is 2.73. The van der Waals surface area contributed by atoms with E-state index in [0.717, 1.165) is 0 Å². The molecule has 0 atom stereocenters. The average molecular weight is 412 g/mol. The number of nitrogens with two attached hydrogens (primary N) is 1. The van der Waals surface area contributed by atoms with Crippen LogP contribution < -0.4 is 11.1 Å². The quantitative estimate of drug-likeness (QED) is 0.402. The number of nitrogens with one attached hydrogen (secondary N) is 2. The lowest BCUT2D eigenvalue weighted by Gasteiger charge is -2.08. The first-order valence-corrected chi connectivity index (χ1v) is 9.32. The first kappa shape index (κ1) is 20.4. The second-order valence-corrected chi connectivity index (χ2v) is 6.68. The third-order valence-corrected chi connectivity index (χ3v) is 4.59. The van der Waals surface area contributed by atoms with Crippen LogP contribution in [0.4, 0.5) is 4.39 Å². The molecule has 0 aliphatic rings. The van der Waals surface area contributed by atoms with Crippen molar-refractivity contribution in [3.63, 3.8) is 0 Å². The Morgan fingerprint density at radius 2 is 1.93 bits per heavy atom. The van der Waals surface area contributed by atoms with Gasteiger partial charge in [-0.2, -0.15) is 0 Å². The normalized spacial score (nSPS) is 11.4. The van der Waals surface area contributed by atoms with Crippen LogP contribution in [0.15, 0.2) is 54.2 Å². The third-order valence-electron chi connectivity index (χ3n) is 4.33. The molecule has 1 amide bonds. The zero-order chi connectivity index (χ0) is 20.8. The van der Waals surface area contributed by atoms with Crippen molar-refractivity contribution in [1.82, 2.24) is 15.3 Å². The van der Waals surface area contributed by atoms with Crippen molar-refractivity contribution < 1.29 is 9.18 Å². The maximum absolute atomic E-state index is 13.2. The fourth-order valence-electron chi connectivity index (χ4n) is 2.77. The van der Waals surface area contributed by atoms with Crippen molar-refractivity contribution in [3.05, 3.63) is 70.8 Å². The Morgan fingerprint density at radius 1 is 1.17 bits per heavy atom. The van der Waals surface area contributed by atoms with Gasteiger partial charge in [0, 0.05) is 23.9 Å². The molecule has 2 aromatic carbocycles. The summed E-state index contributed by atoms with van der Waals surface area (Å²) in [6.45, 7) is 0.454. The van der Waals surface area contributed by atoms with Gasteiger partial charge in [0.2, 0.25) is 0 Å². The lowest BCUT2D eigenvalue weighted by molar-refractivity contribution is 0.0953. The first-order chi connectivity index (χ1) is 14.0. The van der Waals surface area contributed by atoms with Gasteiger partial charge in [0.05, 0.1) is 11.0 Å². The predicted octanol–water partition coefficient (Wildman–Crippen LogP) is 4.09. The molecule has 3 rings (SSSR count). The van der Waals surface area contributed by atoms with Gasteiger partial charge in [-0.15, -0.1) is 0 Å². The lowest BCUT2D eigenvalue weighted by Crippen LogP contribution is -2.24. The highest BCUT2D eigenvalue weighted by atomic mass is 35.5. The summed E-state index contributed by atoms with van der Waals surface area (Å²) in [5.41, 5.74) is 8.68. The van der Waals surface area contributed by atoms with Crippen LogP contribution in [-0.2, 0) is 0 Å². The molecule has 6 nitrogen and oxygen atoms in total. The van der Waals surface area contributed by atoms with E-state index in [4.69, 9.17) is 22.7 Å². The van der Waals surface area contributed by atoms with E-state index >= 15 is 0 Å². The van der Waals surface area contributed by atoms with Crippen LogP contribution in [0.2, 0.25) is 5.15 Å². The smallest absolute Gasteiger partial charge is 0.251 e. The molecule has 0 bridgehead atoms. The Balaban J connectivity index is 1.78. The van der Waals surface area contributed by atoms with Gasteiger partial charge < -0.3 is 16.5 Å². The molecular weight excluding hydrogens is 393 g/mol. The third kappa shape index (κ3) is 4.94. The number of fused-ring (bicyclic) bond motifs is 1. The van der Waals surface area contributed by atoms with E-state index in [1.165, 1.54) is 24.5 Å². The molecule has 0 aliphatic heterocycles. The van der Waals surface area contributed by atoms with E-state index in [2.05, 4.69) is 15.3 Å². The van der Waals surface area contributed by atoms with Gasteiger partial charge in [0.15, 0.2) is 5.15 Å². The SMILES string of the molecule is N=C/C(=C\N)CCCNC(=O)c1ccc2nc(Cl)c(-c3ccc(F)cc3)nc2c1. The van der Waals surface area contributed by atoms with Gasteiger partial charge in [0.1, 0.15) is 11.5 Å². The van der Waals surface area contributed by atoms with E-state index in [1.54, 1.807) is 30.3 Å². The number of aromatic nitrogens is 2. The zero-order valence-corrected chi connectivity index (χ0v) is 16.2. The van der Waals surface area contributed by atoms with Gasteiger partial charge in [0.25, 0.3) is 5.91 Å². The first-order valence-electron chi connectivity index (χ1n) is 8.94. The molecule has 29 heavy (non-hydrogen) atoms. The van der Waals surface area contributed by atoms with Crippen LogP contribution in [0.1, 0.15) is 23.2 Å². The van der Waals surface area contributed by atoms with E-state index in [0.29, 0.717) is 52.8 Å². The van der Waals surface area contributed by atoms with E-state index in [-0.39, 0.29) is 16.9 Å². The summed E-state index contributed by atoms with van der Waals surface area (Å²) in [6.07, 6.45) is 3.87. The highest BCUT2D eigenvalue weighted by Crippen LogP contribution is 2.27. The van der Waals surface area contributed by atoms with Crippen LogP contribution in [0, 0.1) is 11.2 Å². The maximum Gasteiger partial charge on any atom is 0.251 e. The molecule has 0 saturated carbocycles. The second-order valence-electron chi connectivity index (χ2n) is 6.32. The van der Waals surface area contributed by atoms with Crippen molar-refractivity contribution in [2.75, 3.05) is 6.54 Å². The number of halogens is 2. The van der Waals surface area contributed by atoms with Crippen molar-refractivity contribution in [2.24, 2.45) is 5.73 Å². The molecule has 3 aromatic rings. The second kappa shape index (κ2) is 9.25. The Kier molecular flexibility index (Phi) is 6.51. The standard InChI is InChI=1S/C21H19ClFN5O/c22-20-19(14-3-6-16(23)7-4-14)27-18-10-15(5-8-17(18)28-20)21(29)26-9-1-2-13(11-24)12-25/h3-8,10-12,24H,1-2,9,25H2,(H,26,29)/b13-12-,24-11?. The van der Waals surface area contributed by atoms with Crippen LogP contribution in [0.25, 0.3) is 22.3 Å². The molecule has 0 fully saturated rings. The molecule has 8 heteroatoms. The zero-order valence-electron chi connectivity index (χ0n) is 15.5. The summed E-state index contributed by atoms with van der Waals surface area (Å²) in [7, 11) is 0. The summed E-state index contributed by atoms with van der Waals surface area (Å²) in [6, 6.07) is 10.8. The van der Waals surface area contributed by atoms with Gasteiger partial charge in [-0.05, 0) is 67.1 Å². The van der Waals surface area contributed by atoms with Gasteiger partial charge in [-0.1, -0.05) is 11.6 Å². The number of rotatable bonds is 7. The molecule has 148 valence electrons. The summed E-state index contributed by atoms with van der Waals surface area (Å²) >= 11 is 6.24. The summed E-state index contributed by atoms with van der Waals surface area (Å²) in [5, 5.41) is 10.2. The summed E-state index contributed by atoms with van der Waals surface area (Å²) in [4.78, 5) is 21.3. The van der Waals surface area contributed by atoms with Crippen molar-refractivity contribution >= 4 is 34.8 Å². The molecular formula is C21H19ClFN5O. The van der Waals surface area contributed by atoms with Crippen LogP contribution in [-0.4, -0.2) is 28.6 Å². The number of benzene rings is 2. The number of carbonyl (C=O) groups excluding carboxylic acids is 1. The van der Waals surface area contributed by atoms with Crippen molar-refractivity contribution in [2.45, 2.75) is 12.8 Å². The maximum atomic E-state index is 13.2. The largest absolute Gasteiger partial charge is 0.404 e. The minimum atomic E-state index is -0.354. The Bertz CT molecular complexity index is 1080. The topological polar surface area (TPSA) is 105 Å². The highest BCUT2D eigenvalue weighted by molar-refractivity contribution is 6.32. The molecule has 1 aromatic heterocycles. The lowest BCUT2D eigenvalue weighted by atomic mass is 10.1. The fourth-order valence-corrected chi connectivity index (χ4v) is 3.01. The number of carbonyl (C=O) groups is 1. The molecule has 0 saturated heterocycles. The summed E-state index contributed by atoms with van der Waals surface area (Å²) < 4.78 is 13.2. The predicted molar refractivity (Wildman–Crippen MR) is 113 cm³/mol. The van der Waals surface area contributed by atoms with Gasteiger partial charge >= 0.3 is 0 Å². The Morgan fingerprint density at radius 3 is 2.62 bits per heavy atom. The molecule has 1 heterocycles. The minimum Gasteiger partial charge on any atom is -0.404 e. The molecule has 0 unspecified atom stereocenters. The van der Waals surface area contributed by atoms with E-state index < -0.39 is 0 Å². The van der Waals surface area contributed by atoms with Crippen LogP contribution in [0.3, 0.4) is 0 Å². The highest BCUT2D eigenvalue weighted by Gasteiger charge is 2.12. The monoisotopic (exact) mass is 411 g/mol. The van der Waals surface area contributed by atoms with Crippen LogP contribution in [0.5, 0.6) is 0 Å². The Hall–Kier alpha value is -3.32. The van der Waals surface area contributed by atoms with Crippen LogP contribution >= 0.6 is 11.6 Å². The van der Waals surface area contributed by atoms with Crippen molar-refractivity contribution in [1.29, 1.82) is 5.41 Å². The van der Waals surface area contributed by atoms with Gasteiger partial charge in [-0.3, -0.25) is 4.79 Å². The minimum absolute atomic E-state index is 0.205. The number of hydrogen-bond acceptors (Lipinski definition) is 5. The number of allylic oxidation sites excluding steroid dienone is 1. The Labute approximate surface area is 172 Å². The van der Waals surface area contributed by atoms with Gasteiger partial charge in [-0.25, -0.2) is 14.4 Å². The van der Waals surface area contributed by atoms with E-state index in [9.17, 15) is 9.18 Å². The van der Waals surface area contributed by atoms with Crippen molar-refractivity contribution in [3.8, 4) is 11.3 Å². The van der Waals surface area contributed by atoms with E-state index in [1.807, 2.05) is 0 Å². The molecule has 0 aliphatic carbocycles. The molecule has 0 spiro atoms. The number of nitrogens with zero attached hydrogens (tertiary/aromatic N) is 2. The number of amides is 1. The fraction of sp³-hybridized carbons (Fsp3) is 0.143. The summed E-state index contributed by atoms with van der Waals surface area (Å²) in [5.74, 6) is -0.590. The molecule has 0 radical (unpaired) electrons.